The third-order valence-electron chi connectivity index (χ3n) is 1.44. The quantitative estimate of drug-likeness (QED) is 0.716. The Morgan fingerprint density at radius 3 is 2.21 bits per heavy atom. The highest BCUT2D eigenvalue weighted by atomic mass is 19.2. The number of hydrogen-bond donors (Lipinski definition) is 0. The van der Waals surface area contributed by atoms with E-state index in [1.807, 2.05) is 13.8 Å². The van der Waals surface area contributed by atoms with Crippen LogP contribution in [0.2, 0.25) is 0 Å². The molecule has 1 aromatic carbocycles. The summed E-state index contributed by atoms with van der Waals surface area (Å²) in [5.74, 6) is -1.86. The van der Waals surface area contributed by atoms with Crippen LogP contribution in [0.1, 0.15) is 26.3 Å². The molecular weight excluding hydrogens is 186 g/mol. The maximum absolute atomic E-state index is 12.5. The lowest BCUT2D eigenvalue weighted by Crippen LogP contribution is -1.97. The fourth-order valence-electron chi connectivity index (χ4n) is 0.937. The van der Waals surface area contributed by atoms with Gasteiger partial charge in [-0.15, -0.1) is 0 Å². The highest BCUT2D eigenvalue weighted by Gasteiger charge is 2.03. The zero-order chi connectivity index (χ0) is 11.1. The zero-order valence-corrected chi connectivity index (χ0v) is 8.60. The predicted molar refractivity (Wildman–Crippen MR) is 52.1 cm³/mol. The number of hydrogen-bond acceptors (Lipinski definition) is 1. The van der Waals surface area contributed by atoms with E-state index in [-0.39, 0.29) is 12.2 Å². The molecule has 0 atom stereocenters. The topological polar surface area (TPSA) is 17.1 Å². The summed E-state index contributed by atoms with van der Waals surface area (Å²) in [7, 11) is 0. The zero-order valence-electron chi connectivity index (χ0n) is 8.60. The molecule has 1 rings (SSSR count). The van der Waals surface area contributed by atoms with E-state index in [4.69, 9.17) is 0 Å². The number of carbonyl (C=O) groups excluding carboxylic acids is 1. The van der Waals surface area contributed by atoms with Crippen LogP contribution in [0.3, 0.4) is 0 Å². The second-order valence-electron chi connectivity index (χ2n) is 2.63. The van der Waals surface area contributed by atoms with Crippen LogP contribution in [-0.2, 0) is 11.2 Å². The molecule has 0 saturated carbocycles. The standard InChI is InChI=1S/C9H8F2O.C2H6/c1-6(12)4-7-2-3-8(10)9(11)5-7;1-2/h2-3,5H,4H2,1H3;1-2H3. The molecule has 0 N–H and O–H groups in total. The highest BCUT2D eigenvalue weighted by Crippen LogP contribution is 2.09. The molecule has 0 aromatic heterocycles. The van der Waals surface area contributed by atoms with Gasteiger partial charge in [-0.1, -0.05) is 19.9 Å². The monoisotopic (exact) mass is 200 g/mol. The Morgan fingerprint density at radius 1 is 1.21 bits per heavy atom. The van der Waals surface area contributed by atoms with Gasteiger partial charge >= 0.3 is 0 Å². The van der Waals surface area contributed by atoms with E-state index in [2.05, 4.69) is 0 Å². The van der Waals surface area contributed by atoms with Crippen LogP contribution >= 0.6 is 0 Å². The molecule has 1 nitrogen and oxygen atoms in total. The Kier molecular flexibility index (Phi) is 5.68. The lowest BCUT2D eigenvalue weighted by Gasteiger charge is -1.97. The van der Waals surface area contributed by atoms with Gasteiger partial charge in [-0.3, -0.25) is 4.79 Å². The van der Waals surface area contributed by atoms with Gasteiger partial charge in [0.05, 0.1) is 0 Å². The van der Waals surface area contributed by atoms with Gasteiger partial charge in [-0.2, -0.15) is 0 Å². The molecule has 0 spiro atoms. The molecule has 0 saturated heterocycles. The molecule has 0 aliphatic carbocycles. The molecule has 78 valence electrons. The first kappa shape index (κ1) is 12.8. The Hall–Kier alpha value is -1.25. The molecule has 0 fully saturated rings. The first-order chi connectivity index (χ1) is 6.59. The minimum absolute atomic E-state index is 0.0685. The minimum Gasteiger partial charge on any atom is -0.300 e. The van der Waals surface area contributed by atoms with E-state index >= 15 is 0 Å². The molecular formula is C11H14F2O. The third kappa shape index (κ3) is 4.12. The van der Waals surface area contributed by atoms with Crippen molar-refractivity contribution in [1.29, 1.82) is 0 Å². The van der Waals surface area contributed by atoms with Crippen LogP contribution in [0, 0.1) is 11.6 Å². The first-order valence-electron chi connectivity index (χ1n) is 4.53. The van der Waals surface area contributed by atoms with Crippen molar-refractivity contribution in [2.75, 3.05) is 0 Å². The number of halogens is 2. The number of benzene rings is 1. The molecule has 0 bridgehead atoms. The van der Waals surface area contributed by atoms with E-state index in [1.165, 1.54) is 13.0 Å². The highest BCUT2D eigenvalue weighted by molar-refractivity contribution is 5.78. The summed E-state index contributed by atoms with van der Waals surface area (Å²) < 4.78 is 24.9. The summed E-state index contributed by atoms with van der Waals surface area (Å²) in [6.07, 6.45) is 0.150. The van der Waals surface area contributed by atoms with Crippen molar-refractivity contribution >= 4 is 5.78 Å². The fraction of sp³-hybridized carbons (Fsp3) is 0.364. The number of Topliss-reactive ketones (excluding diaryl/α,β-unsaturated/α-hetero) is 1. The van der Waals surface area contributed by atoms with Crippen LogP contribution in [-0.4, -0.2) is 5.78 Å². The summed E-state index contributed by atoms with van der Waals surface area (Å²) in [5.41, 5.74) is 0.501. The van der Waals surface area contributed by atoms with Crippen molar-refractivity contribution in [3.05, 3.63) is 35.4 Å². The Bertz CT molecular complexity index is 308. The average Bonchev–Trinajstić information content (AvgIpc) is 2.14. The summed E-state index contributed by atoms with van der Waals surface area (Å²) in [6.45, 7) is 5.40. The van der Waals surface area contributed by atoms with Crippen LogP contribution in [0.25, 0.3) is 0 Å². The first-order valence-corrected chi connectivity index (χ1v) is 4.53. The van der Waals surface area contributed by atoms with Crippen molar-refractivity contribution in [3.63, 3.8) is 0 Å². The Labute approximate surface area is 82.8 Å². The normalized spacial score (nSPS) is 8.93. The van der Waals surface area contributed by atoms with E-state index in [9.17, 15) is 13.6 Å². The van der Waals surface area contributed by atoms with Gasteiger partial charge in [-0.25, -0.2) is 8.78 Å². The second-order valence-corrected chi connectivity index (χ2v) is 2.63. The SMILES string of the molecule is CC.CC(=O)Cc1ccc(F)c(F)c1. The lowest BCUT2D eigenvalue weighted by molar-refractivity contribution is -0.116. The summed E-state index contributed by atoms with van der Waals surface area (Å²) in [4.78, 5) is 10.6. The molecule has 0 aliphatic rings. The maximum Gasteiger partial charge on any atom is 0.159 e. The molecule has 0 heterocycles. The summed E-state index contributed by atoms with van der Waals surface area (Å²) in [5, 5.41) is 0. The Morgan fingerprint density at radius 2 is 1.79 bits per heavy atom. The third-order valence-corrected chi connectivity index (χ3v) is 1.44. The molecule has 0 unspecified atom stereocenters. The fourth-order valence-corrected chi connectivity index (χ4v) is 0.937. The maximum atomic E-state index is 12.5. The molecule has 0 aliphatic heterocycles. The summed E-state index contributed by atoms with van der Waals surface area (Å²) in [6, 6.07) is 3.46. The van der Waals surface area contributed by atoms with E-state index in [1.54, 1.807) is 0 Å². The number of rotatable bonds is 2. The number of carbonyl (C=O) groups is 1. The van der Waals surface area contributed by atoms with Gasteiger partial charge in [-0.05, 0) is 24.6 Å². The largest absolute Gasteiger partial charge is 0.300 e. The summed E-state index contributed by atoms with van der Waals surface area (Å²) >= 11 is 0. The van der Waals surface area contributed by atoms with Crippen molar-refractivity contribution in [3.8, 4) is 0 Å². The van der Waals surface area contributed by atoms with E-state index < -0.39 is 11.6 Å². The Balaban J connectivity index is 0.000000791. The average molecular weight is 200 g/mol. The molecule has 3 heteroatoms. The van der Waals surface area contributed by atoms with Gasteiger partial charge < -0.3 is 0 Å². The predicted octanol–water partition coefficient (Wildman–Crippen LogP) is 3.12. The van der Waals surface area contributed by atoms with Crippen molar-refractivity contribution < 1.29 is 13.6 Å². The van der Waals surface area contributed by atoms with Crippen molar-refractivity contribution in [1.82, 2.24) is 0 Å². The minimum atomic E-state index is -0.909. The van der Waals surface area contributed by atoms with Gasteiger partial charge in [0.15, 0.2) is 11.6 Å². The lowest BCUT2D eigenvalue weighted by atomic mass is 10.1. The smallest absolute Gasteiger partial charge is 0.159 e. The van der Waals surface area contributed by atoms with Gasteiger partial charge in [0.1, 0.15) is 5.78 Å². The molecule has 0 amide bonds. The number of ketones is 1. The molecule has 14 heavy (non-hydrogen) atoms. The van der Waals surface area contributed by atoms with E-state index in [0.717, 1.165) is 12.1 Å². The van der Waals surface area contributed by atoms with Gasteiger partial charge in [0, 0.05) is 6.42 Å². The van der Waals surface area contributed by atoms with Crippen molar-refractivity contribution in [2.24, 2.45) is 0 Å². The van der Waals surface area contributed by atoms with E-state index in [0.29, 0.717) is 5.56 Å². The van der Waals surface area contributed by atoms with Gasteiger partial charge in [0.25, 0.3) is 0 Å². The van der Waals surface area contributed by atoms with Crippen LogP contribution in [0.5, 0.6) is 0 Å². The van der Waals surface area contributed by atoms with Crippen LogP contribution < -0.4 is 0 Å². The molecule has 0 radical (unpaired) electrons. The second kappa shape index (κ2) is 6.24. The van der Waals surface area contributed by atoms with Gasteiger partial charge in [0.2, 0.25) is 0 Å². The van der Waals surface area contributed by atoms with Crippen LogP contribution in [0.15, 0.2) is 18.2 Å². The van der Waals surface area contributed by atoms with Crippen LogP contribution in [0.4, 0.5) is 8.78 Å². The molecule has 1 aromatic rings. The van der Waals surface area contributed by atoms with Crippen molar-refractivity contribution in [2.45, 2.75) is 27.2 Å².